The summed E-state index contributed by atoms with van der Waals surface area (Å²) in [5.41, 5.74) is 0.451. The van der Waals surface area contributed by atoms with Crippen molar-refractivity contribution in [3.05, 3.63) is 77.2 Å². The van der Waals surface area contributed by atoms with E-state index in [1.165, 1.54) is 28.9 Å². The van der Waals surface area contributed by atoms with Crippen LogP contribution in [0.25, 0.3) is 5.69 Å². The SMILES string of the molecule is Cc1ccccc1C(CC(=O)O)NC(=O)c1cc(OC[C@](C)(O)C2CC2)n(-c2ccccc2F)n1. The first-order valence-electron chi connectivity index (χ1n) is 11.4. The third-order valence-corrected chi connectivity index (χ3v) is 6.21. The topological polar surface area (TPSA) is 114 Å². The molecule has 1 saturated carbocycles. The molecule has 1 unspecified atom stereocenters. The average Bonchev–Trinajstić information content (AvgIpc) is 3.59. The normalized spacial score (nSPS) is 15.8. The minimum atomic E-state index is -1.07. The lowest BCUT2D eigenvalue weighted by molar-refractivity contribution is -0.137. The third-order valence-electron chi connectivity index (χ3n) is 6.21. The standard InChI is InChI=1S/C26H28FN3O5/c1-16-7-3-4-8-18(16)20(14-24(31)32)28-25(33)21-13-23(35-15-26(2,34)17-11-12-17)30(29-21)22-10-6-5-9-19(22)27/h3-10,13,17,20,34H,11-12,14-15H2,1-2H3,(H,28,33)(H,31,32)/t20?,26-/m0/s1. The Morgan fingerprint density at radius 2 is 1.91 bits per heavy atom. The summed E-state index contributed by atoms with van der Waals surface area (Å²) in [5, 5.41) is 27.0. The van der Waals surface area contributed by atoms with Gasteiger partial charge in [-0.05, 0) is 55.9 Å². The van der Waals surface area contributed by atoms with Crippen LogP contribution in [0.1, 0.15) is 53.8 Å². The summed E-state index contributed by atoms with van der Waals surface area (Å²) in [6.45, 7) is 3.46. The summed E-state index contributed by atoms with van der Waals surface area (Å²) in [4.78, 5) is 24.6. The Morgan fingerprint density at radius 1 is 1.23 bits per heavy atom. The number of ether oxygens (including phenoxy) is 1. The lowest BCUT2D eigenvalue weighted by Crippen LogP contribution is -2.35. The number of carbonyl (C=O) groups excluding carboxylic acids is 1. The van der Waals surface area contributed by atoms with Gasteiger partial charge in [0.05, 0.1) is 18.1 Å². The quantitative estimate of drug-likeness (QED) is 0.406. The minimum absolute atomic E-state index is 0.0519. The third kappa shape index (κ3) is 5.68. The zero-order valence-corrected chi connectivity index (χ0v) is 19.6. The van der Waals surface area contributed by atoms with Crippen LogP contribution in [-0.2, 0) is 4.79 Å². The van der Waals surface area contributed by atoms with Crippen LogP contribution in [0.4, 0.5) is 4.39 Å². The molecule has 0 bridgehead atoms. The van der Waals surface area contributed by atoms with E-state index in [2.05, 4.69) is 10.4 Å². The summed E-state index contributed by atoms with van der Waals surface area (Å²) >= 11 is 0. The molecule has 8 nitrogen and oxygen atoms in total. The molecule has 2 atom stereocenters. The van der Waals surface area contributed by atoms with Crippen molar-refractivity contribution in [1.82, 2.24) is 15.1 Å². The van der Waals surface area contributed by atoms with Crippen molar-refractivity contribution in [2.45, 2.75) is 44.8 Å². The van der Waals surface area contributed by atoms with Gasteiger partial charge in [0, 0.05) is 6.07 Å². The van der Waals surface area contributed by atoms with Gasteiger partial charge < -0.3 is 20.3 Å². The predicted octanol–water partition coefficient (Wildman–Crippen LogP) is 3.81. The maximum Gasteiger partial charge on any atom is 0.305 e. The minimum Gasteiger partial charge on any atom is -0.481 e. The van der Waals surface area contributed by atoms with Crippen LogP contribution in [-0.4, -0.2) is 44.1 Å². The van der Waals surface area contributed by atoms with Crippen molar-refractivity contribution < 1.29 is 28.9 Å². The molecule has 184 valence electrons. The average molecular weight is 482 g/mol. The Kier molecular flexibility index (Phi) is 6.88. The van der Waals surface area contributed by atoms with Gasteiger partial charge in [0.15, 0.2) is 5.69 Å². The maximum atomic E-state index is 14.6. The van der Waals surface area contributed by atoms with Gasteiger partial charge in [-0.15, -0.1) is 0 Å². The number of aromatic nitrogens is 2. The highest BCUT2D eigenvalue weighted by Gasteiger charge is 2.41. The van der Waals surface area contributed by atoms with E-state index in [9.17, 15) is 24.2 Å². The first-order chi connectivity index (χ1) is 16.7. The Hall–Kier alpha value is -3.72. The van der Waals surface area contributed by atoms with Crippen molar-refractivity contribution in [1.29, 1.82) is 0 Å². The number of aryl methyl sites for hydroxylation is 1. The van der Waals surface area contributed by atoms with Crippen LogP contribution < -0.4 is 10.1 Å². The number of carboxylic acids is 1. The molecule has 0 radical (unpaired) electrons. The van der Waals surface area contributed by atoms with Crippen LogP contribution in [0.3, 0.4) is 0 Å². The summed E-state index contributed by atoms with van der Waals surface area (Å²) in [6, 6.07) is 13.7. The largest absolute Gasteiger partial charge is 0.481 e. The molecule has 1 fully saturated rings. The summed E-state index contributed by atoms with van der Waals surface area (Å²) in [7, 11) is 0. The van der Waals surface area contributed by atoms with Crippen LogP contribution in [0, 0.1) is 18.7 Å². The molecule has 0 saturated heterocycles. The number of para-hydroxylation sites is 1. The van der Waals surface area contributed by atoms with E-state index in [1.807, 2.05) is 19.1 Å². The number of carboxylic acid groups (broad SMARTS) is 1. The van der Waals surface area contributed by atoms with Gasteiger partial charge in [-0.3, -0.25) is 9.59 Å². The zero-order chi connectivity index (χ0) is 25.2. The van der Waals surface area contributed by atoms with Crippen molar-refractivity contribution in [2.24, 2.45) is 5.92 Å². The number of rotatable bonds is 10. The molecule has 1 aliphatic rings. The zero-order valence-electron chi connectivity index (χ0n) is 19.6. The number of carbonyl (C=O) groups is 2. The molecule has 3 aromatic rings. The second-order valence-electron chi connectivity index (χ2n) is 9.13. The Labute approximate surface area is 202 Å². The van der Waals surface area contributed by atoms with Crippen LogP contribution in [0.2, 0.25) is 0 Å². The van der Waals surface area contributed by atoms with E-state index in [-0.39, 0.29) is 36.2 Å². The van der Waals surface area contributed by atoms with Gasteiger partial charge in [0.25, 0.3) is 5.91 Å². The van der Waals surface area contributed by atoms with E-state index in [0.29, 0.717) is 5.56 Å². The van der Waals surface area contributed by atoms with Crippen LogP contribution >= 0.6 is 0 Å². The van der Waals surface area contributed by atoms with E-state index in [0.717, 1.165) is 18.4 Å². The summed E-state index contributed by atoms with van der Waals surface area (Å²) < 4.78 is 21.6. The van der Waals surface area contributed by atoms with Crippen molar-refractivity contribution in [2.75, 3.05) is 6.61 Å². The fourth-order valence-corrected chi connectivity index (χ4v) is 4.04. The lowest BCUT2D eigenvalue weighted by Gasteiger charge is -2.23. The molecule has 9 heteroatoms. The molecule has 3 N–H and O–H groups in total. The number of aliphatic hydroxyl groups is 1. The molecule has 35 heavy (non-hydrogen) atoms. The lowest BCUT2D eigenvalue weighted by atomic mass is 9.98. The van der Waals surface area contributed by atoms with E-state index >= 15 is 0 Å². The van der Waals surface area contributed by atoms with Crippen LogP contribution in [0.5, 0.6) is 5.88 Å². The number of hydrogen-bond acceptors (Lipinski definition) is 5. The molecular formula is C26H28FN3O5. The second kappa shape index (κ2) is 9.87. The number of aliphatic carboxylic acids is 1. The van der Waals surface area contributed by atoms with Crippen molar-refractivity contribution in [3.63, 3.8) is 0 Å². The summed E-state index contributed by atoms with van der Waals surface area (Å²) in [5.74, 6) is -2.05. The Morgan fingerprint density at radius 3 is 2.57 bits per heavy atom. The second-order valence-corrected chi connectivity index (χ2v) is 9.13. The first-order valence-corrected chi connectivity index (χ1v) is 11.4. The van der Waals surface area contributed by atoms with E-state index in [4.69, 9.17) is 4.74 Å². The molecule has 1 aromatic heterocycles. The summed E-state index contributed by atoms with van der Waals surface area (Å²) in [6.07, 6.45) is 1.49. The van der Waals surface area contributed by atoms with Gasteiger partial charge in [-0.1, -0.05) is 36.4 Å². The number of hydrogen-bond donors (Lipinski definition) is 3. The fraction of sp³-hybridized carbons (Fsp3) is 0.346. The highest BCUT2D eigenvalue weighted by atomic mass is 19.1. The molecule has 0 spiro atoms. The van der Waals surface area contributed by atoms with Crippen molar-refractivity contribution in [3.8, 4) is 11.6 Å². The van der Waals surface area contributed by atoms with Crippen molar-refractivity contribution >= 4 is 11.9 Å². The fourth-order valence-electron chi connectivity index (χ4n) is 4.04. The number of nitrogens with zero attached hydrogens (tertiary/aromatic N) is 2. The van der Waals surface area contributed by atoms with Gasteiger partial charge >= 0.3 is 5.97 Å². The highest BCUT2D eigenvalue weighted by molar-refractivity contribution is 5.93. The smallest absolute Gasteiger partial charge is 0.305 e. The van der Waals surface area contributed by atoms with E-state index < -0.39 is 29.3 Å². The maximum absolute atomic E-state index is 14.6. The molecule has 1 heterocycles. The van der Waals surface area contributed by atoms with Gasteiger partial charge in [0.1, 0.15) is 18.1 Å². The van der Waals surface area contributed by atoms with Gasteiger partial charge in [-0.25, -0.2) is 4.39 Å². The molecule has 2 aromatic carbocycles. The Balaban J connectivity index is 1.64. The number of nitrogens with one attached hydrogen (secondary N) is 1. The van der Waals surface area contributed by atoms with Gasteiger partial charge in [-0.2, -0.15) is 9.78 Å². The first kappa shape index (κ1) is 24.4. The number of benzene rings is 2. The molecule has 1 amide bonds. The molecule has 0 aliphatic heterocycles. The molecular weight excluding hydrogens is 453 g/mol. The molecule has 4 rings (SSSR count). The highest BCUT2D eigenvalue weighted by Crippen LogP contribution is 2.39. The Bertz CT molecular complexity index is 1240. The number of halogens is 1. The van der Waals surface area contributed by atoms with Gasteiger partial charge in [0.2, 0.25) is 5.88 Å². The van der Waals surface area contributed by atoms with E-state index in [1.54, 1.807) is 25.1 Å². The monoisotopic (exact) mass is 481 g/mol. The van der Waals surface area contributed by atoms with Crippen LogP contribution in [0.15, 0.2) is 54.6 Å². The molecule has 1 aliphatic carbocycles. The number of amides is 1. The predicted molar refractivity (Wildman–Crippen MR) is 126 cm³/mol.